The third-order valence-electron chi connectivity index (χ3n) is 4.23. The van der Waals surface area contributed by atoms with E-state index in [0.717, 1.165) is 0 Å². The highest BCUT2D eigenvalue weighted by Crippen LogP contribution is 2.25. The maximum Gasteiger partial charge on any atom is 0.243 e. The Morgan fingerprint density at radius 3 is 2.48 bits per heavy atom. The van der Waals surface area contributed by atoms with Gasteiger partial charge < -0.3 is 15.2 Å². The third-order valence-corrected chi connectivity index (χ3v) is 6.14. The van der Waals surface area contributed by atoms with E-state index in [1.165, 1.54) is 4.31 Å². The molecule has 1 amide bonds. The molecule has 0 bridgehead atoms. The van der Waals surface area contributed by atoms with Gasteiger partial charge in [0.25, 0.3) is 0 Å². The lowest BCUT2D eigenvalue weighted by Gasteiger charge is -2.30. The highest BCUT2D eigenvalue weighted by molar-refractivity contribution is 7.89. The first-order valence-corrected chi connectivity index (χ1v) is 10.0. The fourth-order valence-corrected chi connectivity index (χ4v) is 4.29. The van der Waals surface area contributed by atoms with Gasteiger partial charge in [0.15, 0.2) is 0 Å². The van der Waals surface area contributed by atoms with Gasteiger partial charge in [-0.3, -0.25) is 4.79 Å². The van der Waals surface area contributed by atoms with Gasteiger partial charge in [0.1, 0.15) is 5.75 Å². The normalized spacial score (nSPS) is 16.6. The molecule has 2 rings (SSSR count). The number of sulfonamides is 1. The molecule has 1 aliphatic heterocycles. The number of benzene rings is 1. The van der Waals surface area contributed by atoms with Gasteiger partial charge in [0, 0.05) is 32.2 Å². The second kappa shape index (κ2) is 9.17. The molecule has 0 radical (unpaired) electrons. The molecule has 0 atom stereocenters. The number of hydrogen-bond donors (Lipinski definition) is 2. The Kier molecular flexibility index (Phi) is 7.22. The first-order valence-electron chi connectivity index (χ1n) is 8.60. The van der Waals surface area contributed by atoms with Crippen molar-refractivity contribution >= 4 is 15.9 Å². The number of rotatable bonds is 8. The molecule has 1 saturated heterocycles. The van der Waals surface area contributed by atoms with E-state index in [1.54, 1.807) is 24.3 Å². The van der Waals surface area contributed by atoms with Crippen LogP contribution in [-0.2, 0) is 14.8 Å². The zero-order chi connectivity index (χ0) is 18.3. The van der Waals surface area contributed by atoms with Gasteiger partial charge in [-0.25, -0.2) is 8.42 Å². The lowest BCUT2D eigenvalue weighted by atomic mass is 9.97. The Bertz CT molecular complexity index is 652. The predicted octanol–water partition coefficient (Wildman–Crippen LogP) is 0.985. The van der Waals surface area contributed by atoms with Gasteiger partial charge in [-0.15, -0.1) is 0 Å². The van der Waals surface area contributed by atoms with Crippen molar-refractivity contribution in [1.82, 2.24) is 9.62 Å². The Morgan fingerprint density at radius 1 is 1.28 bits per heavy atom. The van der Waals surface area contributed by atoms with Crippen molar-refractivity contribution in [3.63, 3.8) is 0 Å². The van der Waals surface area contributed by atoms with Gasteiger partial charge in [0.05, 0.1) is 11.5 Å². The molecule has 1 heterocycles. The van der Waals surface area contributed by atoms with Crippen molar-refractivity contribution in [1.29, 1.82) is 0 Å². The molecular formula is C17H26N2O5S. The lowest BCUT2D eigenvalue weighted by Crippen LogP contribution is -2.43. The molecule has 0 saturated carbocycles. The van der Waals surface area contributed by atoms with Crippen molar-refractivity contribution in [2.24, 2.45) is 5.92 Å². The van der Waals surface area contributed by atoms with Gasteiger partial charge >= 0.3 is 0 Å². The maximum absolute atomic E-state index is 12.7. The Balaban J connectivity index is 1.93. The molecular weight excluding hydrogens is 344 g/mol. The van der Waals surface area contributed by atoms with Crippen LogP contribution in [0.1, 0.15) is 26.2 Å². The molecule has 25 heavy (non-hydrogen) atoms. The van der Waals surface area contributed by atoms with E-state index < -0.39 is 10.0 Å². The molecule has 0 aromatic heterocycles. The van der Waals surface area contributed by atoms with Crippen LogP contribution in [0.15, 0.2) is 29.2 Å². The van der Waals surface area contributed by atoms with Crippen molar-refractivity contribution in [2.45, 2.75) is 31.1 Å². The summed E-state index contributed by atoms with van der Waals surface area (Å²) >= 11 is 0. The molecule has 0 spiro atoms. The zero-order valence-corrected chi connectivity index (χ0v) is 15.3. The molecule has 7 nitrogen and oxygen atoms in total. The number of nitrogens with zero attached hydrogens (tertiary/aromatic N) is 1. The maximum atomic E-state index is 12.7. The SMILES string of the molecule is CCOc1ccc(S(=O)(=O)N2CCC(C(=O)NCCCO)CC2)cc1. The molecule has 1 fully saturated rings. The molecule has 1 aromatic carbocycles. The summed E-state index contributed by atoms with van der Waals surface area (Å²) in [5, 5.41) is 11.5. The molecule has 2 N–H and O–H groups in total. The van der Waals surface area contributed by atoms with Crippen molar-refractivity contribution in [3.05, 3.63) is 24.3 Å². The van der Waals surface area contributed by atoms with Crippen LogP contribution >= 0.6 is 0 Å². The summed E-state index contributed by atoms with van der Waals surface area (Å²) in [5.74, 6) is 0.400. The Morgan fingerprint density at radius 2 is 1.92 bits per heavy atom. The van der Waals surface area contributed by atoms with Crippen LogP contribution in [-0.4, -0.2) is 56.6 Å². The number of hydrogen-bond acceptors (Lipinski definition) is 5. The fourth-order valence-electron chi connectivity index (χ4n) is 2.82. The van der Waals surface area contributed by atoms with Crippen molar-refractivity contribution < 1.29 is 23.1 Å². The van der Waals surface area contributed by atoms with Crippen molar-refractivity contribution in [3.8, 4) is 5.75 Å². The molecule has 8 heteroatoms. The first-order chi connectivity index (χ1) is 12.0. The van der Waals surface area contributed by atoms with Gasteiger partial charge in [0.2, 0.25) is 15.9 Å². The minimum absolute atomic E-state index is 0.0407. The summed E-state index contributed by atoms with van der Waals surface area (Å²) in [4.78, 5) is 12.3. The second-order valence-electron chi connectivity index (χ2n) is 5.95. The highest BCUT2D eigenvalue weighted by atomic mass is 32.2. The molecule has 0 aliphatic carbocycles. The average Bonchev–Trinajstić information content (AvgIpc) is 2.63. The van der Waals surface area contributed by atoms with E-state index >= 15 is 0 Å². The third kappa shape index (κ3) is 5.17. The van der Waals surface area contributed by atoms with Crippen LogP contribution < -0.4 is 10.1 Å². The highest BCUT2D eigenvalue weighted by Gasteiger charge is 2.31. The number of aliphatic hydroxyl groups excluding tert-OH is 1. The van der Waals surface area contributed by atoms with Gasteiger partial charge in [-0.05, 0) is 50.5 Å². The lowest BCUT2D eigenvalue weighted by molar-refractivity contribution is -0.126. The van der Waals surface area contributed by atoms with Crippen molar-refractivity contribution in [2.75, 3.05) is 32.8 Å². The summed E-state index contributed by atoms with van der Waals surface area (Å²) in [7, 11) is -3.55. The molecule has 1 aliphatic rings. The predicted molar refractivity (Wildman–Crippen MR) is 93.8 cm³/mol. The van der Waals surface area contributed by atoms with Crippen LogP contribution in [0.3, 0.4) is 0 Å². The second-order valence-corrected chi connectivity index (χ2v) is 7.89. The number of carbonyl (C=O) groups is 1. The number of nitrogens with one attached hydrogen (secondary N) is 1. The minimum atomic E-state index is -3.55. The smallest absolute Gasteiger partial charge is 0.243 e. The standard InChI is InChI=1S/C17H26N2O5S/c1-2-24-15-4-6-16(7-5-15)25(22,23)19-11-8-14(9-12-19)17(21)18-10-3-13-20/h4-7,14,20H,2-3,8-13H2,1H3,(H,18,21). The van der Waals surface area contributed by atoms with Crippen LogP contribution in [0.5, 0.6) is 5.75 Å². The van der Waals surface area contributed by atoms with Crippen LogP contribution in [0.2, 0.25) is 0 Å². The Labute approximate surface area is 149 Å². The molecule has 1 aromatic rings. The van der Waals surface area contributed by atoms with E-state index in [0.29, 0.717) is 51.3 Å². The van der Waals surface area contributed by atoms with Crippen LogP contribution in [0.25, 0.3) is 0 Å². The van der Waals surface area contributed by atoms with Crippen LogP contribution in [0.4, 0.5) is 0 Å². The monoisotopic (exact) mass is 370 g/mol. The first kappa shape index (κ1) is 19.7. The number of aliphatic hydroxyl groups is 1. The largest absolute Gasteiger partial charge is 0.494 e. The molecule has 0 unspecified atom stereocenters. The fraction of sp³-hybridized carbons (Fsp3) is 0.588. The van der Waals surface area contributed by atoms with Crippen LogP contribution in [0, 0.1) is 5.92 Å². The average molecular weight is 370 g/mol. The van der Waals surface area contributed by atoms with E-state index in [4.69, 9.17) is 9.84 Å². The summed E-state index contributed by atoms with van der Waals surface area (Å²) in [5.41, 5.74) is 0. The minimum Gasteiger partial charge on any atom is -0.494 e. The zero-order valence-electron chi connectivity index (χ0n) is 14.5. The Hall–Kier alpha value is -1.64. The number of ether oxygens (including phenoxy) is 1. The summed E-state index contributed by atoms with van der Waals surface area (Å²) in [6.45, 7) is 3.54. The summed E-state index contributed by atoms with van der Waals surface area (Å²) in [6.07, 6.45) is 1.53. The topological polar surface area (TPSA) is 95.9 Å². The number of amides is 1. The number of carbonyl (C=O) groups excluding carboxylic acids is 1. The van der Waals surface area contributed by atoms with E-state index in [-0.39, 0.29) is 23.3 Å². The van der Waals surface area contributed by atoms with Gasteiger partial charge in [-0.2, -0.15) is 4.31 Å². The molecule has 140 valence electrons. The van der Waals surface area contributed by atoms with E-state index in [2.05, 4.69) is 5.32 Å². The summed E-state index contributed by atoms with van der Waals surface area (Å²) in [6, 6.07) is 6.40. The number of piperidine rings is 1. The quantitative estimate of drug-likeness (QED) is 0.665. The van der Waals surface area contributed by atoms with E-state index in [1.807, 2.05) is 6.92 Å². The van der Waals surface area contributed by atoms with Gasteiger partial charge in [-0.1, -0.05) is 0 Å². The summed E-state index contributed by atoms with van der Waals surface area (Å²) < 4.78 is 32.2. The van der Waals surface area contributed by atoms with E-state index in [9.17, 15) is 13.2 Å².